The van der Waals surface area contributed by atoms with Gasteiger partial charge in [-0.3, -0.25) is 4.79 Å². The molecule has 1 aromatic carbocycles. The molecule has 2 heterocycles. The first kappa shape index (κ1) is 13.4. The van der Waals surface area contributed by atoms with E-state index < -0.39 is 0 Å². The quantitative estimate of drug-likeness (QED) is 0.867. The van der Waals surface area contributed by atoms with E-state index in [1.165, 1.54) is 0 Å². The molecule has 0 aliphatic carbocycles. The number of phenols is 1. The molecule has 3 rings (SSSR count). The zero-order chi connectivity index (χ0) is 15.0. The van der Waals surface area contributed by atoms with Crippen LogP contribution < -0.4 is 5.73 Å². The molecule has 3 N–H and O–H groups in total. The third-order valence-electron chi connectivity index (χ3n) is 3.75. The minimum Gasteiger partial charge on any atom is -0.507 e. The smallest absolute Gasteiger partial charge is 0.257 e. The van der Waals surface area contributed by atoms with Gasteiger partial charge in [0.1, 0.15) is 5.75 Å². The van der Waals surface area contributed by atoms with Crippen molar-refractivity contribution in [1.82, 2.24) is 14.9 Å². The molecule has 0 bridgehead atoms. The van der Waals surface area contributed by atoms with E-state index in [1.807, 2.05) is 6.07 Å². The summed E-state index contributed by atoms with van der Waals surface area (Å²) in [5, 5.41) is 9.97. The largest absolute Gasteiger partial charge is 0.507 e. The zero-order valence-corrected chi connectivity index (χ0v) is 11.7. The van der Waals surface area contributed by atoms with Gasteiger partial charge in [-0.15, -0.1) is 0 Å². The van der Waals surface area contributed by atoms with Gasteiger partial charge in [0, 0.05) is 25.2 Å². The van der Waals surface area contributed by atoms with Gasteiger partial charge in [-0.1, -0.05) is 12.1 Å². The molecule has 1 saturated heterocycles. The van der Waals surface area contributed by atoms with E-state index in [0.717, 1.165) is 5.69 Å². The second kappa shape index (κ2) is 5.05. The fraction of sp³-hybridized carbons (Fsp3) is 0.267. The van der Waals surface area contributed by atoms with Crippen molar-refractivity contribution in [2.24, 2.45) is 0 Å². The van der Waals surface area contributed by atoms with Gasteiger partial charge in [0.15, 0.2) is 0 Å². The molecule has 0 spiro atoms. The summed E-state index contributed by atoms with van der Waals surface area (Å²) in [6, 6.07) is 6.99. The highest BCUT2D eigenvalue weighted by molar-refractivity contribution is 5.97. The van der Waals surface area contributed by atoms with Crippen LogP contribution in [-0.4, -0.2) is 39.0 Å². The van der Waals surface area contributed by atoms with Crippen LogP contribution in [0.4, 0.5) is 5.95 Å². The van der Waals surface area contributed by atoms with Crippen molar-refractivity contribution in [2.45, 2.75) is 12.8 Å². The third-order valence-corrected chi connectivity index (χ3v) is 3.75. The van der Waals surface area contributed by atoms with Crippen LogP contribution in [0.5, 0.6) is 5.75 Å². The summed E-state index contributed by atoms with van der Waals surface area (Å²) in [4.78, 5) is 22.1. The normalized spacial score (nSPS) is 14.8. The lowest BCUT2D eigenvalue weighted by Gasteiger charge is -2.39. The fourth-order valence-electron chi connectivity index (χ4n) is 2.45. The molecule has 0 unspecified atom stereocenters. The Hall–Kier alpha value is -2.63. The number of carbonyl (C=O) groups is 1. The Morgan fingerprint density at radius 1 is 1.38 bits per heavy atom. The van der Waals surface area contributed by atoms with Crippen LogP contribution in [0.25, 0.3) is 0 Å². The highest BCUT2D eigenvalue weighted by Gasteiger charge is 2.34. The Labute approximate surface area is 122 Å². The monoisotopic (exact) mass is 284 g/mol. The van der Waals surface area contributed by atoms with E-state index in [1.54, 1.807) is 36.2 Å². The number of para-hydroxylation sites is 1. The number of hydrogen-bond acceptors (Lipinski definition) is 5. The third kappa shape index (κ3) is 2.40. The number of aromatic nitrogens is 2. The average molecular weight is 284 g/mol. The number of anilines is 1. The van der Waals surface area contributed by atoms with Gasteiger partial charge in [-0.2, -0.15) is 0 Å². The number of rotatable bonds is 2. The maximum Gasteiger partial charge on any atom is 0.257 e. The van der Waals surface area contributed by atoms with Crippen molar-refractivity contribution < 1.29 is 9.90 Å². The molecule has 1 aromatic heterocycles. The number of benzene rings is 1. The van der Waals surface area contributed by atoms with Gasteiger partial charge in [-0.05, 0) is 24.6 Å². The highest BCUT2D eigenvalue weighted by Crippen LogP contribution is 2.30. The average Bonchev–Trinajstić information content (AvgIpc) is 2.40. The molecule has 6 heteroatoms. The lowest BCUT2D eigenvalue weighted by molar-refractivity contribution is 0.0595. The molecule has 1 aliphatic rings. The van der Waals surface area contributed by atoms with Crippen LogP contribution in [0.15, 0.2) is 30.5 Å². The first-order valence-corrected chi connectivity index (χ1v) is 6.72. The Morgan fingerprint density at radius 2 is 2.14 bits per heavy atom. The van der Waals surface area contributed by atoms with Crippen LogP contribution in [-0.2, 0) is 0 Å². The molecule has 0 radical (unpaired) electrons. The summed E-state index contributed by atoms with van der Waals surface area (Å²) in [6.45, 7) is 2.92. The minimum absolute atomic E-state index is 0.0530. The van der Waals surface area contributed by atoms with Gasteiger partial charge in [-0.25, -0.2) is 9.97 Å². The Bertz CT molecular complexity index is 696. The van der Waals surface area contributed by atoms with Crippen molar-refractivity contribution >= 4 is 11.9 Å². The number of likely N-dealkylation sites (tertiary alicyclic amines) is 1. The van der Waals surface area contributed by atoms with Gasteiger partial charge in [0.05, 0.1) is 11.3 Å². The molecule has 0 saturated carbocycles. The predicted molar refractivity (Wildman–Crippen MR) is 77.9 cm³/mol. The fourth-order valence-corrected chi connectivity index (χ4v) is 2.45. The minimum atomic E-state index is -0.158. The van der Waals surface area contributed by atoms with Crippen molar-refractivity contribution in [3.05, 3.63) is 47.3 Å². The van der Waals surface area contributed by atoms with Crippen molar-refractivity contribution in [3.8, 4) is 5.75 Å². The number of aryl methyl sites for hydroxylation is 1. The van der Waals surface area contributed by atoms with Crippen LogP contribution in [0.1, 0.15) is 27.5 Å². The molecule has 2 aromatic rings. The lowest BCUT2D eigenvalue weighted by Crippen LogP contribution is -2.48. The van der Waals surface area contributed by atoms with E-state index in [9.17, 15) is 9.90 Å². The summed E-state index contributed by atoms with van der Waals surface area (Å²) < 4.78 is 0. The van der Waals surface area contributed by atoms with Gasteiger partial charge in [0.25, 0.3) is 5.91 Å². The van der Waals surface area contributed by atoms with Crippen LogP contribution in [0.2, 0.25) is 0 Å². The van der Waals surface area contributed by atoms with E-state index in [-0.39, 0.29) is 23.5 Å². The van der Waals surface area contributed by atoms with E-state index in [0.29, 0.717) is 24.2 Å². The second-order valence-corrected chi connectivity index (χ2v) is 5.22. The first-order valence-electron chi connectivity index (χ1n) is 6.72. The second-order valence-electron chi connectivity index (χ2n) is 5.22. The number of nitrogens with two attached hydrogens (primary N) is 1. The number of nitrogen functional groups attached to an aromatic ring is 1. The summed E-state index contributed by atoms with van der Waals surface area (Å²) in [5.41, 5.74) is 7.45. The molecule has 1 amide bonds. The number of phenolic OH excluding ortho intramolecular Hbond substituents is 1. The Balaban J connectivity index is 1.71. The summed E-state index contributed by atoms with van der Waals surface area (Å²) in [7, 11) is 0. The topological polar surface area (TPSA) is 92.3 Å². The van der Waals surface area contributed by atoms with Crippen LogP contribution in [0.3, 0.4) is 0 Å². The molecular formula is C15H16N4O2. The molecule has 21 heavy (non-hydrogen) atoms. The number of carbonyl (C=O) groups excluding carboxylic acids is 1. The van der Waals surface area contributed by atoms with Crippen molar-refractivity contribution in [2.75, 3.05) is 18.8 Å². The SMILES string of the molecule is Cc1cccc(C(=O)N2CC(c3ccnc(N)n3)C2)c1O. The standard InChI is InChI=1S/C15H16N4O2/c1-9-3-2-4-11(13(9)20)14(21)19-7-10(8-19)12-5-6-17-15(16)18-12/h2-6,10,20H,7-8H2,1H3,(H2,16,17,18). The summed E-state index contributed by atoms with van der Waals surface area (Å²) in [5.74, 6) is 0.312. The summed E-state index contributed by atoms with van der Waals surface area (Å²) >= 11 is 0. The van der Waals surface area contributed by atoms with Crippen LogP contribution >= 0.6 is 0 Å². The number of hydrogen-bond donors (Lipinski definition) is 2. The maximum atomic E-state index is 12.4. The summed E-state index contributed by atoms with van der Waals surface area (Å²) in [6.07, 6.45) is 1.62. The predicted octanol–water partition coefficient (Wildman–Crippen LogP) is 1.31. The van der Waals surface area contributed by atoms with Gasteiger partial charge >= 0.3 is 0 Å². The van der Waals surface area contributed by atoms with E-state index >= 15 is 0 Å². The lowest BCUT2D eigenvalue weighted by atomic mass is 9.94. The number of amides is 1. The number of nitrogens with zero attached hydrogens (tertiary/aromatic N) is 3. The Morgan fingerprint density at radius 3 is 2.86 bits per heavy atom. The maximum absolute atomic E-state index is 12.4. The first-order chi connectivity index (χ1) is 10.1. The van der Waals surface area contributed by atoms with E-state index in [2.05, 4.69) is 9.97 Å². The van der Waals surface area contributed by atoms with Crippen LogP contribution in [0, 0.1) is 6.92 Å². The Kier molecular flexibility index (Phi) is 3.21. The molecular weight excluding hydrogens is 268 g/mol. The van der Waals surface area contributed by atoms with Gasteiger partial charge in [0.2, 0.25) is 5.95 Å². The number of aromatic hydroxyl groups is 1. The van der Waals surface area contributed by atoms with E-state index in [4.69, 9.17) is 5.73 Å². The van der Waals surface area contributed by atoms with Crippen molar-refractivity contribution in [3.63, 3.8) is 0 Å². The molecule has 6 nitrogen and oxygen atoms in total. The van der Waals surface area contributed by atoms with Gasteiger partial charge < -0.3 is 15.7 Å². The molecule has 108 valence electrons. The molecule has 1 fully saturated rings. The zero-order valence-electron chi connectivity index (χ0n) is 11.7. The highest BCUT2D eigenvalue weighted by atomic mass is 16.3. The molecule has 0 atom stereocenters. The molecule has 1 aliphatic heterocycles. The van der Waals surface area contributed by atoms with Crippen molar-refractivity contribution in [1.29, 1.82) is 0 Å².